The Balaban J connectivity index is 2.52. The van der Waals surface area contributed by atoms with Crippen LogP contribution >= 0.6 is 0 Å². The maximum Gasteiger partial charge on any atom is 0.336 e. The van der Waals surface area contributed by atoms with Crippen LogP contribution in [0.1, 0.15) is 21.5 Å². The molecule has 0 amide bonds. The molecular formula is C15H14O3. The van der Waals surface area contributed by atoms with Crippen LogP contribution < -0.4 is 0 Å². The molecule has 2 N–H and O–H groups in total. The molecule has 0 heterocycles. The van der Waals surface area contributed by atoms with E-state index in [0.717, 1.165) is 16.7 Å². The first-order chi connectivity index (χ1) is 8.61. The molecule has 0 spiro atoms. The second-order valence-electron chi connectivity index (χ2n) is 4.21. The van der Waals surface area contributed by atoms with E-state index in [1.54, 1.807) is 18.2 Å². The summed E-state index contributed by atoms with van der Waals surface area (Å²) in [5.74, 6) is -0.931. The zero-order chi connectivity index (χ0) is 13.1. The molecule has 2 aromatic carbocycles. The first-order valence-electron chi connectivity index (χ1n) is 5.66. The molecule has 92 valence electrons. The van der Waals surface area contributed by atoms with Crippen LogP contribution in [0.15, 0.2) is 42.5 Å². The van der Waals surface area contributed by atoms with Gasteiger partial charge in [-0.2, -0.15) is 0 Å². The average molecular weight is 242 g/mol. The van der Waals surface area contributed by atoms with Crippen molar-refractivity contribution in [3.8, 4) is 11.1 Å². The molecule has 0 radical (unpaired) electrons. The standard InChI is InChI=1S/C15H14O3/c1-10-2-7-13(14(8-10)15(17)18)12-5-3-11(9-16)4-6-12/h2-8,16H,9H2,1H3,(H,17,18). The monoisotopic (exact) mass is 242 g/mol. The highest BCUT2D eigenvalue weighted by molar-refractivity contribution is 5.96. The van der Waals surface area contributed by atoms with E-state index in [0.29, 0.717) is 11.1 Å². The molecule has 18 heavy (non-hydrogen) atoms. The number of aliphatic hydroxyl groups excluding tert-OH is 1. The fraction of sp³-hybridized carbons (Fsp3) is 0.133. The molecule has 0 saturated carbocycles. The third kappa shape index (κ3) is 2.41. The summed E-state index contributed by atoms with van der Waals surface area (Å²) in [6.07, 6.45) is 0. The minimum Gasteiger partial charge on any atom is -0.478 e. The maximum absolute atomic E-state index is 11.2. The van der Waals surface area contributed by atoms with Crippen molar-refractivity contribution in [2.45, 2.75) is 13.5 Å². The van der Waals surface area contributed by atoms with E-state index in [9.17, 15) is 9.90 Å². The second-order valence-corrected chi connectivity index (χ2v) is 4.21. The molecular weight excluding hydrogens is 228 g/mol. The second kappa shape index (κ2) is 5.02. The normalized spacial score (nSPS) is 10.3. The van der Waals surface area contributed by atoms with E-state index in [2.05, 4.69) is 0 Å². The Morgan fingerprint density at radius 3 is 2.33 bits per heavy atom. The van der Waals surface area contributed by atoms with Crippen LogP contribution in [0, 0.1) is 6.92 Å². The summed E-state index contributed by atoms with van der Waals surface area (Å²) in [6.45, 7) is 1.85. The van der Waals surface area contributed by atoms with Crippen molar-refractivity contribution >= 4 is 5.97 Å². The molecule has 0 saturated heterocycles. The van der Waals surface area contributed by atoms with E-state index >= 15 is 0 Å². The summed E-state index contributed by atoms with van der Waals surface area (Å²) in [7, 11) is 0. The van der Waals surface area contributed by atoms with E-state index in [1.165, 1.54) is 0 Å². The van der Waals surface area contributed by atoms with Crippen LogP contribution in [0.3, 0.4) is 0 Å². The highest BCUT2D eigenvalue weighted by Gasteiger charge is 2.11. The van der Waals surface area contributed by atoms with E-state index < -0.39 is 5.97 Å². The van der Waals surface area contributed by atoms with Gasteiger partial charge in [-0.25, -0.2) is 4.79 Å². The summed E-state index contributed by atoms with van der Waals surface area (Å²) < 4.78 is 0. The van der Waals surface area contributed by atoms with Gasteiger partial charge in [0.15, 0.2) is 0 Å². The minimum absolute atomic E-state index is 0.0139. The predicted octanol–water partition coefficient (Wildman–Crippen LogP) is 2.85. The predicted molar refractivity (Wildman–Crippen MR) is 69.5 cm³/mol. The number of aliphatic hydroxyl groups is 1. The molecule has 2 aromatic rings. The van der Waals surface area contributed by atoms with Crippen molar-refractivity contribution in [1.82, 2.24) is 0 Å². The maximum atomic E-state index is 11.2. The van der Waals surface area contributed by atoms with E-state index in [1.807, 2.05) is 31.2 Å². The summed E-state index contributed by atoms with van der Waals surface area (Å²) in [6, 6.07) is 12.6. The Hall–Kier alpha value is -2.13. The van der Waals surface area contributed by atoms with E-state index in [-0.39, 0.29) is 6.61 Å². The number of hydrogen-bond donors (Lipinski definition) is 2. The van der Waals surface area contributed by atoms with Gasteiger partial charge in [-0.3, -0.25) is 0 Å². The number of aromatic carboxylic acids is 1. The Morgan fingerprint density at radius 1 is 1.11 bits per heavy atom. The van der Waals surface area contributed by atoms with Gasteiger partial charge in [0.05, 0.1) is 12.2 Å². The van der Waals surface area contributed by atoms with Gasteiger partial charge in [0, 0.05) is 0 Å². The molecule has 0 aliphatic rings. The Labute approximate surface area is 105 Å². The number of benzene rings is 2. The summed E-state index contributed by atoms with van der Waals surface area (Å²) >= 11 is 0. The highest BCUT2D eigenvalue weighted by atomic mass is 16.4. The summed E-state index contributed by atoms with van der Waals surface area (Å²) in [5.41, 5.74) is 3.56. The molecule has 0 bridgehead atoms. The molecule has 3 heteroatoms. The van der Waals surface area contributed by atoms with Gasteiger partial charge in [-0.1, -0.05) is 42.0 Å². The fourth-order valence-electron chi connectivity index (χ4n) is 1.88. The zero-order valence-corrected chi connectivity index (χ0v) is 10.1. The van der Waals surface area contributed by atoms with Gasteiger partial charge in [0.25, 0.3) is 0 Å². The van der Waals surface area contributed by atoms with Gasteiger partial charge >= 0.3 is 5.97 Å². The van der Waals surface area contributed by atoms with Crippen molar-refractivity contribution < 1.29 is 15.0 Å². The number of rotatable bonds is 3. The van der Waals surface area contributed by atoms with Crippen LogP contribution in [0.4, 0.5) is 0 Å². The zero-order valence-electron chi connectivity index (χ0n) is 10.1. The lowest BCUT2D eigenvalue weighted by molar-refractivity contribution is 0.0697. The highest BCUT2D eigenvalue weighted by Crippen LogP contribution is 2.25. The van der Waals surface area contributed by atoms with Gasteiger partial charge < -0.3 is 10.2 Å². The number of carboxylic acids is 1. The largest absolute Gasteiger partial charge is 0.478 e. The molecule has 2 rings (SSSR count). The quantitative estimate of drug-likeness (QED) is 0.870. The lowest BCUT2D eigenvalue weighted by Crippen LogP contribution is -2.00. The van der Waals surface area contributed by atoms with Gasteiger partial charge in [0.2, 0.25) is 0 Å². The van der Waals surface area contributed by atoms with Gasteiger partial charge in [-0.15, -0.1) is 0 Å². The Kier molecular flexibility index (Phi) is 3.44. The molecule has 3 nitrogen and oxygen atoms in total. The van der Waals surface area contributed by atoms with Crippen molar-refractivity contribution in [2.24, 2.45) is 0 Å². The number of carboxylic acid groups (broad SMARTS) is 1. The van der Waals surface area contributed by atoms with Gasteiger partial charge in [0.1, 0.15) is 0 Å². The van der Waals surface area contributed by atoms with Crippen LogP contribution in [0.2, 0.25) is 0 Å². The Bertz CT molecular complexity index is 571. The molecule has 0 atom stereocenters. The molecule has 0 aliphatic heterocycles. The van der Waals surface area contributed by atoms with Crippen LogP contribution in [0.5, 0.6) is 0 Å². The molecule has 0 aromatic heterocycles. The third-order valence-corrected chi connectivity index (χ3v) is 2.85. The van der Waals surface area contributed by atoms with Crippen molar-refractivity contribution in [1.29, 1.82) is 0 Å². The number of hydrogen-bond acceptors (Lipinski definition) is 2. The smallest absolute Gasteiger partial charge is 0.336 e. The van der Waals surface area contributed by atoms with Crippen molar-refractivity contribution in [2.75, 3.05) is 0 Å². The molecule has 0 unspecified atom stereocenters. The van der Waals surface area contributed by atoms with Crippen LogP contribution in [-0.2, 0) is 6.61 Å². The third-order valence-electron chi connectivity index (χ3n) is 2.85. The summed E-state index contributed by atoms with van der Waals surface area (Å²) in [4.78, 5) is 11.2. The topological polar surface area (TPSA) is 57.5 Å². The molecule has 0 fully saturated rings. The summed E-state index contributed by atoms with van der Waals surface area (Å²) in [5, 5.41) is 18.2. The lowest BCUT2D eigenvalue weighted by Gasteiger charge is -2.08. The SMILES string of the molecule is Cc1ccc(-c2ccc(CO)cc2)c(C(=O)O)c1. The first kappa shape index (κ1) is 12.3. The fourth-order valence-corrected chi connectivity index (χ4v) is 1.88. The number of carbonyl (C=O) groups is 1. The van der Waals surface area contributed by atoms with Crippen molar-refractivity contribution in [3.63, 3.8) is 0 Å². The molecule has 0 aliphatic carbocycles. The minimum atomic E-state index is -0.931. The number of aryl methyl sites for hydroxylation is 1. The van der Waals surface area contributed by atoms with Crippen LogP contribution in [0.25, 0.3) is 11.1 Å². The van der Waals surface area contributed by atoms with E-state index in [4.69, 9.17) is 5.11 Å². The van der Waals surface area contributed by atoms with Crippen LogP contribution in [-0.4, -0.2) is 16.2 Å². The lowest BCUT2D eigenvalue weighted by atomic mass is 9.97. The van der Waals surface area contributed by atoms with Gasteiger partial charge in [-0.05, 0) is 29.7 Å². The van der Waals surface area contributed by atoms with Crippen molar-refractivity contribution in [3.05, 3.63) is 59.2 Å². The Morgan fingerprint density at radius 2 is 1.78 bits per heavy atom. The first-order valence-corrected chi connectivity index (χ1v) is 5.66. The average Bonchev–Trinajstić information content (AvgIpc) is 2.39.